The zero-order valence-electron chi connectivity index (χ0n) is 16.2. The Kier molecular flexibility index (Phi) is 7.17. The van der Waals surface area contributed by atoms with Gasteiger partial charge in [0, 0.05) is 5.56 Å². The lowest BCUT2D eigenvalue weighted by atomic mass is 9.96. The van der Waals surface area contributed by atoms with Gasteiger partial charge in [-0.3, -0.25) is 4.79 Å². The number of amides is 1. The second-order valence-corrected chi connectivity index (χ2v) is 6.29. The van der Waals surface area contributed by atoms with Crippen LogP contribution in [0.3, 0.4) is 0 Å². The minimum absolute atomic E-state index is 0.289. The van der Waals surface area contributed by atoms with Crippen molar-refractivity contribution in [2.45, 2.75) is 0 Å². The standard InChI is InChI=1S/C24H20N2O4/c25-16-18-8-4-5-11-20(18)21-12-6-7-13-22(21)24(28)30-17-23(27)26-14-15-29-19-9-2-1-3-10-19/h1-13H,14-15,17H2,(H,26,27). The Labute approximate surface area is 174 Å². The average molecular weight is 400 g/mol. The zero-order valence-corrected chi connectivity index (χ0v) is 16.2. The van der Waals surface area contributed by atoms with Gasteiger partial charge in [-0.15, -0.1) is 0 Å². The van der Waals surface area contributed by atoms with Crippen LogP contribution in [0.5, 0.6) is 5.75 Å². The Morgan fingerprint density at radius 2 is 1.53 bits per heavy atom. The van der Waals surface area contributed by atoms with E-state index in [2.05, 4.69) is 11.4 Å². The summed E-state index contributed by atoms with van der Waals surface area (Å²) in [6.07, 6.45) is 0. The molecule has 0 unspecified atom stereocenters. The van der Waals surface area contributed by atoms with E-state index in [1.807, 2.05) is 30.3 Å². The maximum absolute atomic E-state index is 12.5. The van der Waals surface area contributed by atoms with Crippen LogP contribution in [0.1, 0.15) is 15.9 Å². The molecule has 6 nitrogen and oxygen atoms in total. The van der Waals surface area contributed by atoms with Crippen LogP contribution in [0.15, 0.2) is 78.9 Å². The molecule has 0 spiro atoms. The van der Waals surface area contributed by atoms with Gasteiger partial charge in [-0.05, 0) is 29.8 Å². The fourth-order valence-corrected chi connectivity index (χ4v) is 2.85. The predicted molar refractivity (Wildman–Crippen MR) is 112 cm³/mol. The summed E-state index contributed by atoms with van der Waals surface area (Å²) in [5.74, 6) is -0.337. The van der Waals surface area contributed by atoms with Gasteiger partial charge in [0.1, 0.15) is 12.4 Å². The third-order valence-corrected chi connectivity index (χ3v) is 4.26. The maximum atomic E-state index is 12.5. The molecule has 150 valence electrons. The van der Waals surface area contributed by atoms with Gasteiger partial charge in [0.05, 0.1) is 23.7 Å². The largest absolute Gasteiger partial charge is 0.492 e. The molecule has 0 saturated carbocycles. The molecule has 0 saturated heterocycles. The van der Waals surface area contributed by atoms with E-state index in [4.69, 9.17) is 9.47 Å². The molecule has 0 aromatic heterocycles. The van der Waals surface area contributed by atoms with E-state index in [1.54, 1.807) is 48.5 Å². The smallest absolute Gasteiger partial charge is 0.339 e. The normalized spacial score (nSPS) is 9.97. The minimum atomic E-state index is -0.631. The number of hydrogen-bond acceptors (Lipinski definition) is 5. The lowest BCUT2D eigenvalue weighted by molar-refractivity contribution is -0.124. The predicted octanol–water partition coefficient (Wildman–Crippen LogP) is 3.58. The van der Waals surface area contributed by atoms with Crippen molar-refractivity contribution in [3.05, 3.63) is 90.0 Å². The Morgan fingerprint density at radius 1 is 0.867 bits per heavy atom. The molecule has 0 radical (unpaired) electrons. The lowest BCUT2D eigenvalue weighted by Gasteiger charge is -2.11. The highest BCUT2D eigenvalue weighted by Gasteiger charge is 2.17. The second kappa shape index (κ2) is 10.4. The summed E-state index contributed by atoms with van der Waals surface area (Å²) in [7, 11) is 0. The summed E-state index contributed by atoms with van der Waals surface area (Å²) >= 11 is 0. The van der Waals surface area contributed by atoms with E-state index >= 15 is 0 Å². The second-order valence-electron chi connectivity index (χ2n) is 6.29. The molecule has 3 aromatic rings. The number of ether oxygens (including phenoxy) is 2. The van der Waals surface area contributed by atoms with Crippen LogP contribution in [0, 0.1) is 11.3 Å². The highest BCUT2D eigenvalue weighted by molar-refractivity contribution is 5.98. The summed E-state index contributed by atoms with van der Waals surface area (Å²) in [5, 5.41) is 12.0. The fraction of sp³-hybridized carbons (Fsp3) is 0.125. The molecule has 1 amide bonds. The molecule has 0 fully saturated rings. The van der Waals surface area contributed by atoms with Crippen molar-refractivity contribution in [1.82, 2.24) is 5.32 Å². The van der Waals surface area contributed by atoms with Gasteiger partial charge in [-0.2, -0.15) is 5.26 Å². The van der Waals surface area contributed by atoms with Gasteiger partial charge in [0.25, 0.3) is 5.91 Å². The fourth-order valence-electron chi connectivity index (χ4n) is 2.85. The Hall–Kier alpha value is -4.11. The topological polar surface area (TPSA) is 88.4 Å². The highest BCUT2D eigenvalue weighted by atomic mass is 16.5. The molecular formula is C24H20N2O4. The Balaban J connectivity index is 1.54. The summed E-state index contributed by atoms with van der Waals surface area (Å²) in [4.78, 5) is 24.5. The van der Waals surface area contributed by atoms with Gasteiger partial charge in [-0.25, -0.2) is 4.79 Å². The molecule has 0 aliphatic carbocycles. The van der Waals surface area contributed by atoms with Gasteiger partial charge >= 0.3 is 5.97 Å². The number of nitriles is 1. The first-order chi connectivity index (χ1) is 14.7. The first-order valence-corrected chi connectivity index (χ1v) is 9.39. The third kappa shape index (κ3) is 5.46. The number of nitrogens with zero attached hydrogens (tertiary/aromatic N) is 1. The van der Waals surface area contributed by atoms with Gasteiger partial charge < -0.3 is 14.8 Å². The van der Waals surface area contributed by atoms with Crippen LogP contribution in [0.4, 0.5) is 0 Å². The minimum Gasteiger partial charge on any atom is -0.492 e. The number of hydrogen-bond donors (Lipinski definition) is 1. The van der Waals surface area contributed by atoms with Gasteiger partial charge in [-0.1, -0.05) is 54.6 Å². The molecule has 0 bridgehead atoms. The van der Waals surface area contributed by atoms with Crippen molar-refractivity contribution < 1.29 is 19.1 Å². The zero-order chi connectivity index (χ0) is 21.2. The Morgan fingerprint density at radius 3 is 2.30 bits per heavy atom. The highest BCUT2D eigenvalue weighted by Crippen LogP contribution is 2.27. The molecular weight excluding hydrogens is 380 g/mol. The first-order valence-electron chi connectivity index (χ1n) is 9.39. The molecule has 1 N–H and O–H groups in total. The number of carbonyl (C=O) groups is 2. The van der Waals surface area contributed by atoms with E-state index in [0.717, 1.165) is 0 Å². The quantitative estimate of drug-likeness (QED) is 0.461. The average Bonchev–Trinajstić information content (AvgIpc) is 2.81. The van der Waals surface area contributed by atoms with Crippen LogP contribution in [0.2, 0.25) is 0 Å². The number of carbonyl (C=O) groups excluding carboxylic acids is 2. The van der Waals surface area contributed by atoms with Gasteiger partial charge in [0.15, 0.2) is 6.61 Å². The van der Waals surface area contributed by atoms with Crippen LogP contribution >= 0.6 is 0 Å². The molecule has 3 aromatic carbocycles. The van der Waals surface area contributed by atoms with Crippen molar-refractivity contribution >= 4 is 11.9 Å². The summed E-state index contributed by atoms with van der Waals surface area (Å²) in [6, 6.07) is 25.2. The monoisotopic (exact) mass is 400 g/mol. The van der Waals surface area contributed by atoms with E-state index in [0.29, 0.717) is 34.6 Å². The lowest BCUT2D eigenvalue weighted by Crippen LogP contribution is -2.32. The van der Waals surface area contributed by atoms with Crippen molar-refractivity contribution in [3.8, 4) is 22.9 Å². The van der Waals surface area contributed by atoms with E-state index in [9.17, 15) is 14.9 Å². The molecule has 30 heavy (non-hydrogen) atoms. The van der Waals surface area contributed by atoms with Crippen LogP contribution in [-0.2, 0) is 9.53 Å². The number of para-hydroxylation sites is 1. The van der Waals surface area contributed by atoms with Crippen LogP contribution in [0.25, 0.3) is 11.1 Å². The van der Waals surface area contributed by atoms with Crippen LogP contribution in [-0.4, -0.2) is 31.6 Å². The summed E-state index contributed by atoms with van der Waals surface area (Å²) in [5.41, 5.74) is 1.96. The van der Waals surface area contributed by atoms with Crippen molar-refractivity contribution in [2.75, 3.05) is 19.8 Å². The molecule has 0 aliphatic heterocycles. The maximum Gasteiger partial charge on any atom is 0.339 e. The van der Waals surface area contributed by atoms with Crippen molar-refractivity contribution in [2.24, 2.45) is 0 Å². The van der Waals surface area contributed by atoms with E-state index < -0.39 is 18.5 Å². The van der Waals surface area contributed by atoms with Gasteiger partial charge in [0.2, 0.25) is 0 Å². The summed E-state index contributed by atoms with van der Waals surface area (Å²) in [6.45, 7) is 0.188. The number of nitrogens with one attached hydrogen (secondary N) is 1. The summed E-state index contributed by atoms with van der Waals surface area (Å²) < 4.78 is 10.7. The molecule has 3 rings (SSSR count). The van der Waals surface area contributed by atoms with E-state index in [1.165, 1.54) is 0 Å². The molecule has 0 atom stereocenters. The number of benzene rings is 3. The number of esters is 1. The van der Waals surface area contributed by atoms with E-state index in [-0.39, 0.29) is 6.54 Å². The first kappa shape index (κ1) is 20.6. The molecule has 0 heterocycles. The van der Waals surface area contributed by atoms with Crippen molar-refractivity contribution in [3.63, 3.8) is 0 Å². The van der Waals surface area contributed by atoms with Crippen LogP contribution < -0.4 is 10.1 Å². The Bertz CT molecular complexity index is 1060. The van der Waals surface area contributed by atoms with Crippen molar-refractivity contribution in [1.29, 1.82) is 5.26 Å². The number of rotatable bonds is 8. The molecule has 0 aliphatic rings. The SMILES string of the molecule is N#Cc1ccccc1-c1ccccc1C(=O)OCC(=O)NCCOc1ccccc1. The third-order valence-electron chi connectivity index (χ3n) is 4.26. The molecule has 6 heteroatoms.